The Labute approximate surface area is 107 Å². The molecular formula is C13H23F3N2. The molecule has 0 spiro atoms. The van der Waals surface area contributed by atoms with Crippen molar-refractivity contribution in [3.05, 3.63) is 0 Å². The van der Waals surface area contributed by atoms with Crippen LogP contribution in [0.5, 0.6) is 0 Å². The molecule has 1 atom stereocenters. The first-order valence-electron chi connectivity index (χ1n) is 7.05. The van der Waals surface area contributed by atoms with E-state index in [1.165, 1.54) is 0 Å². The summed E-state index contributed by atoms with van der Waals surface area (Å²) in [5.41, 5.74) is 0. The van der Waals surface area contributed by atoms with E-state index in [1.54, 1.807) is 0 Å². The van der Waals surface area contributed by atoms with Crippen LogP contribution in [-0.4, -0.2) is 42.8 Å². The number of likely N-dealkylation sites (N-methyl/N-ethyl adjacent to an activating group) is 1. The molecule has 0 aromatic carbocycles. The van der Waals surface area contributed by atoms with Crippen molar-refractivity contribution < 1.29 is 13.2 Å². The minimum absolute atomic E-state index is 0.310. The summed E-state index contributed by atoms with van der Waals surface area (Å²) in [5.74, 6) is -1.06. The van der Waals surface area contributed by atoms with Crippen molar-refractivity contribution in [1.82, 2.24) is 10.2 Å². The molecule has 5 heteroatoms. The monoisotopic (exact) mass is 264 g/mol. The second-order valence-electron chi connectivity index (χ2n) is 5.52. The van der Waals surface area contributed by atoms with Crippen LogP contribution in [0.2, 0.25) is 0 Å². The summed E-state index contributed by atoms with van der Waals surface area (Å²) in [6, 6.07) is 0.890. The minimum Gasteiger partial charge on any atom is -0.315 e. The molecule has 2 aliphatic rings. The molecule has 1 aliphatic carbocycles. The molecule has 2 nitrogen and oxygen atoms in total. The van der Waals surface area contributed by atoms with Crippen LogP contribution in [0.3, 0.4) is 0 Å². The topological polar surface area (TPSA) is 15.3 Å². The van der Waals surface area contributed by atoms with Gasteiger partial charge in [0.2, 0.25) is 0 Å². The highest BCUT2D eigenvalue weighted by Crippen LogP contribution is 2.39. The molecule has 1 saturated heterocycles. The highest BCUT2D eigenvalue weighted by atomic mass is 19.4. The van der Waals surface area contributed by atoms with Crippen LogP contribution >= 0.6 is 0 Å². The highest BCUT2D eigenvalue weighted by molar-refractivity contribution is 4.88. The number of rotatable bonds is 3. The van der Waals surface area contributed by atoms with Crippen molar-refractivity contribution in [3.8, 4) is 0 Å². The van der Waals surface area contributed by atoms with Gasteiger partial charge in [-0.25, -0.2) is 0 Å². The fraction of sp³-hybridized carbons (Fsp3) is 1.00. The Kier molecular flexibility index (Phi) is 4.54. The van der Waals surface area contributed by atoms with E-state index in [0.29, 0.717) is 37.8 Å². The third kappa shape index (κ3) is 3.18. The average molecular weight is 264 g/mol. The lowest BCUT2D eigenvalue weighted by Crippen LogP contribution is -2.46. The van der Waals surface area contributed by atoms with E-state index < -0.39 is 12.1 Å². The van der Waals surface area contributed by atoms with Gasteiger partial charge in [0.25, 0.3) is 0 Å². The lowest BCUT2D eigenvalue weighted by atomic mass is 9.84. The van der Waals surface area contributed by atoms with Crippen LogP contribution in [0.1, 0.15) is 39.0 Å². The predicted octanol–water partition coefficient (Wildman–Crippen LogP) is 2.79. The Hall–Kier alpha value is -0.290. The summed E-state index contributed by atoms with van der Waals surface area (Å²) < 4.78 is 37.9. The normalized spacial score (nSPS) is 34.2. The molecule has 0 amide bonds. The zero-order chi connectivity index (χ0) is 13.2. The highest BCUT2D eigenvalue weighted by Gasteiger charge is 2.42. The Bertz CT molecular complexity index is 253. The van der Waals surface area contributed by atoms with Crippen molar-refractivity contribution in [2.24, 2.45) is 5.92 Å². The average Bonchev–Trinajstić information content (AvgIpc) is 2.83. The van der Waals surface area contributed by atoms with Gasteiger partial charge in [-0.1, -0.05) is 6.92 Å². The molecule has 106 valence electrons. The molecule has 1 N–H and O–H groups in total. The molecular weight excluding hydrogens is 241 g/mol. The SMILES string of the molecule is CCN(C1CCC(C(F)(F)F)CC1)C1CCNC1. The van der Waals surface area contributed by atoms with Crippen molar-refractivity contribution in [2.45, 2.75) is 57.3 Å². The van der Waals surface area contributed by atoms with Crippen LogP contribution in [0.25, 0.3) is 0 Å². The molecule has 0 radical (unpaired) electrons. The first-order chi connectivity index (χ1) is 8.52. The predicted molar refractivity (Wildman–Crippen MR) is 65.5 cm³/mol. The quantitative estimate of drug-likeness (QED) is 0.843. The number of hydrogen-bond acceptors (Lipinski definition) is 2. The lowest BCUT2D eigenvalue weighted by molar-refractivity contribution is -0.184. The maximum absolute atomic E-state index is 12.6. The first kappa shape index (κ1) is 14.1. The van der Waals surface area contributed by atoms with E-state index in [2.05, 4.69) is 17.1 Å². The third-order valence-electron chi connectivity index (χ3n) is 4.50. The minimum atomic E-state index is -3.99. The van der Waals surface area contributed by atoms with Crippen LogP contribution in [0.4, 0.5) is 13.2 Å². The number of nitrogens with zero attached hydrogens (tertiary/aromatic N) is 1. The van der Waals surface area contributed by atoms with E-state index in [1.807, 2.05) is 0 Å². The fourth-order valence-electron chi connectivity index (χ4n) is 3.47. The number of halogens is 3. The van der Waals surface area contributed by atoms with Gasteiger partial charge in [-0.15, -0.1) is 0 Å². The van der Waals surface area contributed by atoms with Crippen molar-refractivity contribution >= 4 is 0 Å². The number of nitrogens with one attached hydrogen (secondary N) is 1. The Morgan fingerprint density at radius 3 is 2.17 bits per heavy atom. The van der Waals surface area contributed by atoms with Gasteiger partial charge in [-0.05, 0) is 45.2 Å². The Morgan fingerprint density at radius 2 is 1.72 bits per heavy atom. The van der Waals surface area contributed by atoms with Crippen molar-refractivity contribution in [1.29, 1.82) is 0 Å². The summed E-state index contributed by atoms with van der Waals surface area (Å²) in [4.78, 5) is 2.42. The molecule has 1 aliphatic heterocycles. The molecule has 0 aromatic rings. The van der Waals surface area contributed by atoms with Gasteiger partial charge in [0.05, 0.1) is 5.92 Å². The summed E-state index contributed by atoms with van der Waals surface area (Å²) in [6.07, 6.45) is -0.831. The number of alkyl halides is 3. The van der Waals surface area contributed by atoms with E-state index in [4.69, 9.17) is 0 Å². The van der Waals surface area contributed by atoms with E-state index in [9.17, 15) is 13.2 Å². The molecule has 1 saturated carbocycles. The van der Waals surface area contributed by atoms with Gasteiger partial charge in [-0.3, -0.25) is 4.90 Å². The largest absolute Gasteiger partial charge is 0.391 e. The van der Waals surface area contributed by atoms with Crippen molar-refractivity contribution in [2.75, 3.05) is 19.6 Å². The van der Waals surface area contributed by atoms with Gasteiger partial charge in [0, 0.05) is 18.6 Å². The molecule has 18 heavy (non-hydrogen) atoms. The smallest absolute Gasteiger partial charge is 0.315 e. The van der Waals surface area contributed by atoms with Gasteiger partial charge in [-0.2, -0.15) is 13.2 Å². The third-order valence-corrected chi connectivity index (χ3v) is 4.50. The van der Waals surface area contributed by atoms with Crippen LogP contribution < -0.4 is 5.32 Å². The second kappa shape index (κ2) is 5.78. The fourth-order valence-corrected chi connectivity index (χ4v) is 3.47. The molecule has 1 unspecified atom stereocenters. The van der Waals surface area contributed by atoms with Crippen LogP contribution in [0.15, 0.2) is 0 Å². The van der Waals surface area contributed by atoms with Gasteiger partial charge in [0.15, 0.2) is 0 Å². The standard InChI is InChI=1S/C13H23F3N2/c1-2-18(12-7-8-17-9-12)11-5-3-10(4-6-11)13(14,15)16/h10-12,17H,2-9H2,1H3. The van der Waals surface area contributed by atoms with Gasteiger partial charge < -0.3 is 5.32 Å². The Balaban J connectivity index is 1.87. The second-order valence-corrected chi connectivity index (χ2v) is 5.52. The van der Waals surface area contributed by atoms with Crippen molar-refractivity contribution in [3.63, 3.8) is 0 Å². The summed E-state index contributed by atoms with van der Waals surface area (Å²) in [6.45, 7) is 5.11. The molecule has 2 rings (SSSR count). The molecule has 0 aromatic heterocycles. The Morgan fingerprint density at radius 1 is 1.06 bits per heavy atom. The lowest BCUT2D eigenvalue weighted by Gasteiger charge is -2.39. The number of hydrogen-bond donors (Lipinski definition) is 1. The zero-order valence-electron chi connectivity index (χ0n) is 11.0. The maximum atomic E-state index is 12.6. The summed E-state index contributed by atoms with van der Waals surface area (Å²) >= 11 is 0. The van der Waals surface area contributed by atoms with E-state index >= 15 is 0 Å². The molecule has 0 bridgehead atoms. The van der Waals surface area contributed by atoms with E-state index in [-0.39, 0.29) is 0 Å². The maximum Gasteiger partial charge on any atom is 0.391 e. The van der Waals surface area contributed by atoms with E-state index in [0.717, 1.165) is 26.1 Å². The summed E-state index contributed by atoms with van der Waals surface area (Å²) in [7, 11) is 0. The van der Waals surface area contributed by atoms with Gasteiger partial charge in [0.1, 0.15) is 0 Å². The molecule has 2 fully saturated rings. The summed E-state index contributed by atoms with van der Waals surface area (Å²) in [5, 5.41) is 3.34. The van der Waals surface area contributed by atoms with Crippen LogP contribution in [-0.2, 0) is 0 Å². The van der Waals surface area contributed by atoms with Gasteiger partial charge >= 0.3 is 6.18 Å². The molecule has 1 heterocycles. The van der Waals surface area contributed by atoms with Crippen LogP contribution in [0, 0.1) is 5.92 Å². The first-order valence-corrected chi connectivity index (χ1v) is 7.05. The zero-order valence-corrected chi connectivity index (χ0v) is 11.0.